The molecule has 1 amide bonds. The van der Waals surface area contributed by atoms with Crippen molar-refractivity contribution in [3.05, 3.63) is 75.6 Å². The number of fused-ring (bicyclic) bond motifs is 2. The molecule has 0 fully saturated rings. The monoisotopic (exact) mass is 507 g/mol. The number of benzene rings is 2. The van der Waals surface area contributed by atoms with E-state index >= 15 is 0 Å². The van der Waals surface area contributed by atoms with Crippen molar-refractivity contribution in [2.45, 2.75) is 45.2 Å². The number of rotatable bonds is 4. The molecule has 2 aromatic carbocycles. The van der Waals surface area contributed by atoms with E-state index in [0.29, 0.717) is 5.02 Å². The van der Waals surface area contributed by atoms with Gasteiger partial charge in [-0.15, -0.1) is 22.7 Å². The van der Waals surface area contributed by atoms with Gasteiger partial charge in [-0.25, -0.2) is 4.98 Å². The smallest absolute Gasteiger partial charge is 0.249 e. The number of carbonyl (C=O) groups excluding carboxylic acids is 1. The molecule has 0 atom stereocenters. The Kier molecular flexibility index (Phi) is 5.89. The van der Waals surface area contributed by atoms with Gasteiger partial charge in [0.2, 0.25) is 5.91 Å². The van der Waals surface area contributed by atoms with Crippen molar-refractivity contribution >= 4 is 61.5 Å². The Bertz CT molecular complexity index is 1400. The predicted molar refractivity (Wildman–Crippen MR) is 146 cm³/mol. The second-order valence-corrected chi connectivity index (χ2v) is 12.2. The number of hydrogen-bond acceptors (Lipinski definition) is 5. The van der Waals surface area contributed by atoms with Crippen LogP contribution in [0.2, 0.25) is 5.02 Å². The highest BCUT2D eigenvalue weighted by molar-refractivity contribution is 7.23. The Labute approximate surface area is 212 Å². The van der Waals surface area contributed by atoms with Gasteiger partial charge in [-0.1, -0.05) is 41.9 Å². The molecule has 2 aromatic heterocycles. The Morgan fingerprint density at radius 1 is 1.09 bits per heavy atom. The lowest BCUT2D eigenvalue weighted by Gasteiger charge is -2.42. The third-order valence-corrected chi connectivity index (χ3v) is 8.78. The van der Waals surface area contributed by atoms with Crippen molar-refractivity contribution in [1.82, 2.24) is 10.3 Å². The van der Waals surface area contributed by atoms with Gasteiger partial charge < -0.3 is 10.6 Å². The third kappa shape index (κ3) is 4.43. The number of carbonyl (C=O) groups is 1. The molecule has 2 N–H and O–H groups in total. The summed E-state index contributed by atoms with van der Waals surface area (Å²) >= 11 is 9.55. The number of nitrogens with zero attached hydrogens (tertiary/aromatic N) is 1. The Morgan fingerprint density at radius 2 is 1.82 bits per heavy atom. The van der Waals surface area contributed by atoms with Gasteiger partial charge in [0.25, 0.3) is 0 Å². The zero-order valence-electron chi connectivity index (χ0n) is 19.5. The summed E-state index contributed by atoms with van der Waals surface area (Å²) in [6, 6.07) is 15.6. The summed E-state index contributed by atoms with van der Waals surface area (Å²) in [6.45, 7) is 8.85. The molecule has 0 bridgehead atoms. The largest absolute Gasteiger partial charge is 0.313 e. The summed E-state index contributed by atoms with van der Waals surface area (Å²) < 4.78 is 1.14. The number of thiazole rings is 1. The lowest BCUT2D eigenvalue weighted by atomic mass is 9.81. The van der Waals surface area contributed by atoms with Crippen LogP contribution in [0.25, 0.3) is 26.9 Å². The summed E-state index contributed by atoms with van der Waals surface area (Å²) in [4.78, 5) is 19.2. The highest BCUT2D eigenvalue weighted by Gasteiger charge is 2.41. The number of hydrogen-bond donors (Lipinski definition) is 2. The van der Waals surface area contributed by atoms with E-state index in [2.05, 4.69) is 44.4 Å². The van der Waals surface area contributed by atoms with E-state index in [9.17, 15) is 4.79 Å². The van der Waals surface area contributed by atoms with Gasteiger partial charge >= 0.3 is 0 Å². The molecule has 0 spiro atoms. The van der Waals surface area contributed by atoms with E-state index in [4.69, 9.17) is 16.6 Å². The first-order chi connectivity index (χ1) is 16.1. The van der Waals surface area contributed by atoms with Crippen LogP contribution in [0.3, 0.4) is 0 Å². The number of anilines is 1. The molecular weight excluding hydrogens is 482 g/mol. The summed E-state index contributed by atoms with van der Waals surface area (Å²) in [5.74, 6) is -0.189. The topological polar surface area (TPSA) is 54.0 Å². The lowest BCUT2D eigenvalue weighted by molar-refractivity contribution is -0.111. The standard InChI is InChI=1S/C27H26ClN3OS2/c1-26(2)15-17-22(24-29-19-11-7-8-12-20(19)33-24)25(34-23(17)27(3,4)31-26)30-21(32)14-13-16-9-5-6-10-18(16)28/h5-14,31H,15H2,1-4H3,(H,30,32)/b14-13+. The fourth-order valence-corrected chi connectivity index (χ4v) is 7.34. The minimum atomic E-state index is -0.219. The normalized spacial score (nSPS) is 16.6. The average Bonchev–Trinajstić information content (AvgIpc) is 3.33. The van der Waals surface area contributed by atoms with Gasteiger partial charge in [-0.05, 0) is 69.5 Å². The van der Waals surface area contributed by atoms with Crippen LogP contribution in [-0.4, -0.2) is 16.4 Å². The molecule has 7 heteroatoms. The number of thiophene rings is 1. The molecular formula is C27H26ClN3OS2. The molecule has 1 aliphatic rings. The summed E-state index contributed by atoms with van der Waals surface area (Å²) in [5, 5.41) is 9.31. The summed E-state index contributed by atoms with van der Waals surface area (Å²) in [7, 11) is 0. The van der Waals surface area contributed by atoms with Gasteiger partial charge in [0.1, 0.15) is 10.0 Å². The van der Waals surface area contributed by atoms with Crippen molar-refractivity contribution in [2.24, 2.45) is 0 Å². The quantitative estimate of drug-likeness (QED) is 0.281. The molecule has 0 saturated heterocycles. The third-order valence-electron chi connectivity index (χ3n) is 5.91. The fraction of sp³-hybridized carbons (Fsp3) is 0.259. The van der Waals surface area contributed by atoms with Crippen LogP contribution in [0.5, 0.6) is 0 Å². The first-order valence-electron chi connectivity index (χ1n) is 11.2. The molecule has 4 nitrogen and oxygen atoms in total. The van der Waals surface area contributed by atoms with Crippen LogP contribution in [0.15, 0.2) is 54.6 Å². The van der Waals surface area contributed by atoms with Crippen molar-refractivity contribution in [3.63, 3.8) is 0 Å². The van der Waals surface area contributed by atoms with Crippen molar-refractivity contribution < 1.29 is 4.79 Å². The number of amides is 1. The lowest BCUT2D eigenvalue weighted by Crippen LogP contribution is -2.54. The maximum absolute atomic E-state index is 13.0. The highest BCUT2D eigenvalue weighted by atomic mass is 35.5. The van der Waals surface area contributed by atoms with Crippen molar-refractivity contribution in [2.75, 3.05) is 5.32 Å². The number of halogens is 1. The molecule has 0 aliphatic carbocycles. The Morgan fingerprint density at radius 3 is 2.59 bits per heavy atom. The first kappa shape index (κ1) is 23.2. The number of nitrogens with one attached hydrogen (secondary N) is 2. The second-order valence-electron chi connectivity index (χ2n) is 9.76. The zero-order chi connectivity index (χ0) is 24.1. The maximum atomic E-state index is 13.0. The van der Waals surface area contributed by atoms with Gasteiger partial charge in [0.05, 0.1) is 10.2 Å². The van der Waals surface area contributed by atoms with E-state index in [0.717, 1.165) is 37.8 Å². The predicted octanol–water partition coefficient (Wildman–Crippen LogP) is 7.49. The second kappa shape index (κ2) is 8.61. The van der Waals surface area contributed by atoms with Gasteiger partial charge in [-0.3, -0.25) is 4.79 Å². The number of para-hydroxylation sites is 1. The molecule has 0 radical (unpaired) electrons. The van der Waals surface area contributed by atoms with Gasteiger partial charge in [-0.2, -0.15) is 0 Å². The van der Waals surface area contributed by atoms with E-state index in [1.165, 1.54) is 16.5 Å². The SMILES string of the molecule is CC1(C)Cc2c(sc(NC(=O)/C=C/c3ccccc3Cl)c2-c2nc3ccccc3s2)C(C)(C)N1. The van der Waals surface area contributed by atoms with Crippen LogP contribution in [0, 0.1) is 0 Å². The molecule has 4 aromatic rings. The van der Waals surface area contributed by atoms with Crippen LogP contribution in [0.4, 0.5) is 5.00 Å². The van der Waals surface area contributed by atoms with E-state index in [1.54, 1.807) is 28.7 Å². The molecule has 5 rings (SSSR count). The van der Waals surface area contributed by atoms with Crippen molar-refractivity contribution in [3.8, 4) is 10.6 Å². The summed E-state index contributed by atoms with van der Waals surface area (Å²) in [6.07, 6.45) is 4.14. The molecule has 34 heavy (non-hydrogen) atoms. The number of aromatic nitrogens is 1. The molecule has 3 heterocycles. The van der Waals surface area contributed by atoms with Gasteiger partial charge in [0.15, 0.2) is 0 Å². The maximum Gasteiger partial charge on any atom is 0.249 e. The molecule has 0 unspecified atom stereocenters. The Hall–Kier alpha value is -2.51. The van der Waals surface area contributed by atoms with E-state index < -0.39 is 0 Å². The minimum Gasteiger partial charge on any atom is -0.313 e. The molecule has 0 saturated carbocycles. The summed E-state index contributed by atoms with van der Waals surface area (Å²) in [5.41, 5.74) is 3.80. The molecule has 1 aliphatic heterocycles. The van der Waals surface area contributed by atoms with E-state index in [1.807, 2.05) is 42.5 Å². The van der Waals surface area contributed by atoms with Crippen LogP contribution >= 0.6 is 34.3 Å². The minimum absolute atomic E-state index is 0.0752. The molecule has 174 valence electrons. The zero-order valence-corrected chi connectivity index (χ0v) is 21.9. The average molecular weight is 508 g/mol. The fourth-order valence-electron chi connectivity index (χ4n) is 4.75. The van der Waals surface area contributed by atoms with Crippen molar-refractivity contribution in [1.29, 1.82) is 0 Å². The van der Waals surface area contributed by atoms with E-state index in [-0.39, 0.29) is 17.0 Å². The van der Waals surface area contributed by atoms with Gasteiger partial charge in [0, 0.05) is 32.6 Å². The first-order valence-corrected chi connectivity index (χ1v) is 13.2. The Balaban J connectivity index is 1.59. The van der Waals surface area contributed by atoms with Crippen LogP contribution in [-0.2, 0) is 16.8 Å². The van der Waals surface area contributed by atoms with Crippen LogP contribution < -0.4 is 10.6 Å². The van der Waals surface area contributed by atoms with Crippen LogP contribution in [0.1, 0.15) is 43.7 Å². The highest BCUT2D eigenvalue weighted by Crippen LogP contribution is 2.50.